The number of nitrogen functional groups attached to an aromatic ring is 1. The van der Waals surface area contributed by atoms with E-state index in [1.807, 2.05) is 37.3 Å². The molecule has 0 aliphatic carbocycles. The summed E-state index contributed by atoms with van der Waals surface area (Å²) >= 11 is 0. The highest BCUT2D eigenvalue weighted by Gasteiger charge is 2.44. The standard InChI is InChI=1S/C19H23N5O4/c1-2-12(11-6-4-3-5-7-11)27-8-13-15(25)16(26)19(28-13)24-10-23-14-17(20)21-9-22-18(14)24/h3-7,9-10,12-13,15-16,19,25-26H,2,8H2,1H3,(H2,20,21,22)/t12-,13+,15+,16+,19+/m0/s1. The Labute approximate surface area is 161 Å². The monoisotopic (exact) mass is 385 g/mol. The van der Waals surface area contributed by atoms with Crippen molar-refractivity contribution in [3.8, 4) is 0 Å². The Balaban J connectivity index is 1.49. The summed E-state index contributed by atoms with van der Waals surface area (Å²) in [4.78, 5) is 12.2. The van der Waals surface area contributed by atoms with E-state index in [9.17, 15) is 10.2 Å². The summed E-state index contributed by atoms with van der Waals surface area (Å²) in [5.74, 6) is 0.241. The van der Waals surface area contributed by atoms with E-state index in [4.69, 9.17) is 15.2 Å². The molecule has 148 valence electrons. The molecule has 1 aliphatic rings. The van der Waals surface area contributed by atoms with Crippen LogP contribution in [-0.4, -0.2) is 54.7 Å². The first-order valence-corrected chi connectivity index (χ1v) is 9.21. The molecule has 1 fully saturated rings. The summed E-state index contributed by atoms with van der Waals surface area (Å²) < 4.78 is 13.4. The van der Waals surface area contributed by atoms with Gasteiger partial charge in [-0.15, -0.1) is 0 Å². The zero-order valence-corrected chi connectivity index (χ0v) is 15.4. The second kappa shape index (κ2) is 7.80. The van der Waals surface area contributed by atoms with Gasteiger partial charge in [-0.25, -0.2) is 15.0 Å². The van der Waals surface area contributed by atoms with Crippen molar-refractivity contribution in [1.82, 2.24) is 19.5 Å². The first-order valence-electron chi connectivity index (χ1n) is 9.21. The van der Waals surface area contributed by atoms with Crippen molar-refractivity contribution in [3.63, 3.8) is 0 Å². The fourth-order valence-corrected chi connectivity index (χ4v) is 3.48. The lowest BCUT2D eigenvalue weighted by Gasteiger charge is -2.21. The van der Waals surface area contributed by atoms with E-state index in [-0.39, 0.29) is 18.5 Å². The van der Waals surface area contributed by atoms with Gasteiger partial charge in [0.2, 0.25) is 0 Å². The Hall–Kier alpha value is -2.59. The lowest BCUT2D eigenvalue weighted by molar-refractivity contribution is -0.0823. The third-order valence-corrected chi connectivity index (χ3v) is 5.00. The molecule has 9 nitrogen and oxygen atoms in total. The van der Waals surface area contributed by atoms with Crippen LogP contribution in [0.4, 0.5) is 5.82 Å². The normalized spacial score (nSPS) is 26.0. The van der Waals surface area contributed by atoms with Gasteiger partial charge in [0.25, 0.3) is 0 Å². The van der Waals surface area contributed by atoms with Crippen LogP contribution in [-0.2, 0) is 9.47 Å². The highest BCUT2D eigenvalue weighted by Crippen LogP contribution is 2.33. The van der Waals surface area contributed by atoms with Gasteiger partial charge in [0, 0.05) is 0 Å². The van der Waals surface area contributed by atoms with Gasteiger partial charge in [-0.1, -0.05) is 37.3 Å². The summed E-state index contributed by atoms with van der Waals surface area (Å²) in [6.07, 6.45) is -0.336. The van der Waals surface area contributed by atoms with E-state index in [2.05, 4.69) is 15.0 Å². The van der Waals surface area contributed by atoms with E-state index in [1.165, 1.54) is 12.7 Å². The minimum absolute atomic E-state index is 0.116. The van der Waals surface area contributed by atoms with Crippen LogP contribution < -0.4 is 5.73 Å². The number of fused-ring (bicyclic) bond motifs is 1. The number of aliphatic hydroxyl groups is 2. The third kappa shape index (κ3) is 3.33. The van der Waals surface area contributed by atoms with Crippen LogP contribution in [0.25, 0.3) is 11.2 Å². The highest BCUT2D eigenvalue weighted by atomic mass is 16.6. The van der Waals surface area contributed by atoms with E-state index in [1.54, 1.807) is 4.57 Å². The minimum atomic E-state index is -1.15. The number of hydrogen-bond acceptors (Lipinski definition) is 8. The summed E-state index contributed by atoms with van der Waals surface area (Å²) in [5, 5.41) is 21.0. The summed E-state index contributed by atoms with van der Waals surface area (Å²) in [5.41, 5.74) is 7.72. The second-order valence-electron chi connectivity index (χ2n) is 6.77. The van der Waals surface area contributed by atoms with Crippen LogP contribution >= 0.6 is 0 Å². The molecule has 1 aliphatic heterocycles. The Morgan fingerprint density at radius 3 is 2.71 bits per heavy atom. The average molecular weight is 385 g/mol. The molecule has 4 rings (SSSR count). The maximum absolute atomic E-state index is 10.5. The van der Waals surface area contributed by atoms with Crippen molar-refractivity contribution in [3.05, 3.63) is 48.5 Å². The molecule has 0 unspecified atom stereocenters. The van der Waals surface area contributed by atoms with Gasteiger partial charge in [0.15, 0.2) is 17.7 Å². The predicted octanol–water partition coefficient (Wildman–Crippen LogP) is 1.20. The van der Waals surface area contributed by atoms with E-state index >= 15 is 0 Å². The predicted molar refractivity (Wildman–Crippen MR) is 101 cm³/mol. The lowest BCUT2D eigenvalue weighted by atomic mass is 10.1. The van der Waals surface area contributed by atoms with Gasteiger partial charge < -0.3 is 25.4 Å². The Morgan fingerprint density at radius 2 is 1.96 bits per heavy atom. The number of benzene rings is 1. The smallest absolute Gasteiger partial charge is 0.167 e. The number of nitrogens with two attached hydrogens (primary N) is 1. The van der Waals surface area contributed by atoms with E-state index < -0.39 is 24.5 Å². The summed E-state index contributed by atoms with van der Waals surface area (Å²) in [6, 6.07) is 9.87. The second-order valence-corrected chi connectivity index (χ2v) is 6.77. The molecule has 28 heavy (non-hydrogen) atoms. The molecule has 0 radical (unpaired) electrons. The van der Waals surface area contributed by atoms with Gasteiger partial charge >= 0.3 is 0 Å². The number of rotatable bonds is 6. The Bertz CT molecular complexity index is 934. The molecule has 0 spiro atoms. The number of aliphatic hydroxyl groups excluding tert-OH is 2. The highest BCUT2D eigenvalue weighted by molar-refractivity contribution is 5.81. The van der Waals surface area contributed by atoms with Crippen LogP contribution in [0.3, 0.4) is 0 Å². The molecule has 0 bridgehead atoms. The van der Waals surface area contributed by atoms with Crippen molar-refractivity contribution < 1.29 is 19.7 Å². The van der Waals surface area contributed by atoms with Gasteiger partial charge in [-0.3, -0.25) is 4.57 Å². The zero-order chi connectivity index (χ0) is 19.7. The molecule has 2 aromatic heterocycles. The molecule has 0 saturated carbocycles. The molecule has 3 aromatic rings. The van der Waals surface area contributed by atoms with Gasteiger partial charge in [-0.2, -0.15) is 0 Å². The fourth-order valence-electron chi connectivity index (χ4n) is 3.48. The van der Waals surface area contributed by atoms with Gasteiger partial charge in [0.05, 0.1) is 19.0 Å². The van der Waals surface area contributed by atoms with Crippen molar-refractivity contribution in [1.29, 1.82) is 0 Å². The Kier molecular flexibility index (Phi) is 5.23. The van der Waals surface area contributed by atoms with Crippen LogP contribution in [0.1, 0.15) is 31.2 Å². The van der Waals surface area contributed by atoms with Crippen molar-refractivity contribution >= 4 is 17.0 Å². The molecule has 1 saturated heterocycles. The van der Waals surface area contributed by atoms with Crippen LogP contribution in [0.2, 0.25) is 0 Å². The number of hydrogen-bond donors (Lipinski definition) is 3. The van der Waals surface area contributed by atoms with E-state index in [0.717, 1.165) is 12.0 Å². The molecule has 9 heteroatoms. The largest absolute Gasteiger partial charge is 0.387 e. The quantitative estimate of drug-likeness (QED) is 0.577. The molecule has 5 atom stereocenters. The fraction of sp³-hybridized carbons (Fsp3) is 0.421. The molecular weight excluding hydrogens is 362 g/mol. The van der Waals surface area contributed by atoms with Crippen LogP contribution in [0.15, 0.2) is 43.0 Å². The average Bonchev–Trinajstić information content (AvgIpc) is 3.26. The molecular formula is C19H23N5O4. The number of ether oxygens (including phenoxy) is 2. The lowest BCUT2D eigenvalue weighted by Crippen LogP contribution is -2.34. The van der Waals surface area contributed by atoms with Crippen molar-refractivity contribution in [2.45, 2.75) is 44.0 Å². The first kappa shape index (κ1) is 18.8. The minimum Gasteiger partial charge on any atom is -0.387 e. The maximum Gasteiger partial charge on any atom is 0.167 e. The number of nitrogens with zero attached hydrogens (tertiary/aromatic N) is 4. The molecule has 1 aromatic carbocycles. The number of anilines is 1. The molecule has 3 heterocycles. The van der Waals surface area contributed by atoms with Crippen molar-refractivity contribution in [2.75, 3.05) is 12.3 Å². The third-order valence-electron chi connectivity index (χ3n) is 5.00. The molecule has 0 amide bonds. The van der Waals surface area contributed by atoms with E-state index in [0.29, 0.717) is 11.2 Å². The topological polar surface area (TPSA) is 129 Å². The maximum atomic E-state index is 10.5. The van der Waals surface area contributed by atoms with Crippen molar-refractivity contribution in [2.24, 2.45) is 0 Å². The van der Waals surface area contributed by atoms with Crippen LogP contribution in [0, 0.1) is 0 Å². The SMILES string of the molecule is CC[C@H](OC[C@H]1O[C@@H](n2cnc3c(N)ncnc32)[C@H](O)[C@@H]1O)c1ccccc1. The van der Waals surface area contributed by atoms with Gasteiger partial charge in [0.1, 0.15) is 30.2 Å². The molecule has 4 N–H and O–H groups in total. The van der Waals surface area contributed by atoms with Gasteiger partial charge in [-0.05, 0) is 12.0 Å². The summed E-state index contributed by atoms with van der Waals surface area (Å²) in [7, 11) is 0. The number of imidazole rings is 1. The van der Waals surface area contributed by atoms with Crippen LogP contribution in [0.5, 0.6) is 0 Å². The Morgan fingerprint density at radius 1 is 1.18 bits per heavy atom. The zero-order valence-electron chi connectivity index (χ0n) is 15.4. The number of aromatic nitrogens is 4. The summed E-state index contributed by atoms with van der Waals surface area (Å²) in [6.45, 7) is 2.18. The first-order chi connectivity index (χ1) is 13.6.